The molecule has 0 aliphatic rings. The smallest absolute Gasteiger partial charge is 0.416 e. The lowest BCUT2D eigenvalue weighted by atomic mass is 10.1. The summed E-state index contributed by atoms with van der Waals surface area (Å²) in [6, 6.07) is 7.47. The Bertz CT molecular complexity index is 699. The predicted octanol–water partition coefficient (Wildman–Crippen LogP) is 3.56. The van der Waals surface area contributed by atoms with Crippen molar-refractivity contribution < 1.29 is 27.4 Å². The Hall–Kier alpha value is -2.57. The van der Waals surface area contributed by atoms with Crippen molar-refractivity contribution >= 4 is 5.97 Å². The van der Waals surface area contributed by atoms with E-state index in [1.54, 1.807) is 0 Å². The SMILES string of the molecule is COC(=O)c1ccc(OC)c(-c2cccc(C(F)(F)F)c2)n1. The van der Waals surface area contributed by atoms with Crippen molar-refractivity contribution in [2.45, 2.75) is 6.18 Å². The van der Waals surface area contributed by atoms with Gasteiger partial charge < -0.3 is 9.47 Å². The molecule has 22 heavy (non-hydrogen) atoms. The maximum absolute atomic E-state index is 12.8. The van der Waals surface area contributed by atoms with E-state index in [4.69, 9.17) is 4.74 Å². The highest BCUT2D eigenvalue weighted by Crippen LogP contribution is 2.34. The van der Waals surface area contributed by atoms with Gasteiger partial charge in [-0.2, -0.15) is 13.2 Å². The van der Waals surface area contributed by atoms with Crippen LogP contribution in [0.25, 0.3) is 11.3 Å². The van der Waals surface area contributed by atoms with Crippen LogP contribution in [-0.4, -0.2) is 25.2 Å². The summed E-state index contributed by atoms with van der Waals surface area (Å²) in [4.78, 5) is 15.6. The van der Waals surface area contributed by atoms with Gasteiger partial charge in [-0.1, -0.05) is 12.1 Å². The van der Waals surface area contributed by atoms with Gasteiger partial charge in [0.15, 0.2) is 0 Å². The van der Waals surface area contributed by atoms with Crippen LogP contribution in [0.15, 0.2) is 36.4 Å². The van der Waals surface area contributed by atoms with Gasteiger partial charge in [0.1, 0.15) is 17.1 Å². The number of hydrogen-bond acceptors (Lipinski definition) is 4. The molecule has 0 saturated heterocycles. The van der Waals surface area contributed by atoms with Gasteiger partial charge in [-0.15, -0.1) is 0 Å². The van der Waals surface area contributed by atoms with Crippen LogP contribution in [0.3, 0.4) is 0 Å². The number of rotatable bonds is 3. The standard InChI is InChI=1S/C15H12F3NO3/c1-21-12-7-6-11(14(20)22-2)19-13(12)9-4-3-5-10(8-9)15(16,17)18/h3-8H,1-2H3. The maximum Gasteiger partial charge on any atom is 0.416 e. The lowest BCUT2D eigenvalue weighted by molar-refractivity contribution is -0.137. The van der Waals surface area contributed by atoms with Gasteiger partial charge in [-0.25, -0.2) is 9.78 Å². The number of aromatic nitrogens is 1. The highest BCUT2D eigenvalue weighted by Gasteiger charge is 2.30. The molecule has 1 aromatic heterocycles. The van der Waals surface area contributed by atoms with E-state index in [9.17, 15) is 18.0 Å². The topological polar surface area (TPSA) is 48.4 Å². The molecule has 2 aromatic rings. The van der Waals surface area contributed by atoms with Crippen LogP contribution in [0.4, 0.5) is 13.2 Å². The predicted molar refractivity (Wildman–Crippen MR) is 72.6 cm³/mol. The van der Waals surface area contributed by atoms with Crippen LogP contribution >= 0.6 is 0 Å². The van der Waals surface area contributed by atoms with Gasteiger partial charge in [-0.05, 0) is 24.3 Å². The number of benzene rings is 1. The Kier molecular flexibility index (Phi) is 4.35. The molecular weight excluding hydrogens is 299 g/mol. The highest BCUT2D eigenvalue weighted by molar-refractivity contribution is 5.88. The first-order valence-electron chi connectivity index (χ1n) is 6.18. The number of esters is 1. The molecular formula is C15H12F3NO3. The fourth-order valence-corrected chi connectivity index (χ4v) is 1.88. The summed E-state index contributed by atoms with van der Waals surface area (Å²) in [5.74, 6) is -0.428. The van der Waals surface area contributed by atoms with Gasteiger partial charge in [0.25, 0.3) is 0 Å². The molecule has 0 atom stereocenters. The Morgan fingerprint density at radius 3 is 2.45 bits per heavy atom. The fourth-order valence-electron chi connectivity index (χ4n) is 1.88. The molecule has 0 aliphatic carbocycles. The quantitative estimate of drug-likeness (QED) is 0.813. The van der Waals surface area contributed by atoms with Crippen molar-refractivity contribution in [3.05, 3.63) is 47.7 Å². The number of hydrogen-bond donors (Lipinski definition) is 0. The van der Waals surface area contributed by atoms with Gasteiger partial charge in [-0.3, -0.25) is 0 Å². The first kappa shape index (κ1) is 15.8. The lowest BCUT2D eigenvalue weighted by Gasteiger charge is -2.12. The minimum absolute atomic E-state index is 0.0179. The number of carbonyl (C=O) groups excluding carboxylic acids is 1. The minimum atomic E-state index is -4.47. The van der Waals surface area contributed by atoms with E-state index in [-0.39, 0.29) is 22.7 Å². The number of halogens is 3. The van der Waals surface area contributed by atoms with Crippen LogP contribution in [0, 0.1) is 0 Å². The van der Waals surface area contributed by atoms with Crippen molar-refractivity contribution in [3.63, 3.8) is 0 Å². The number of nitrogens with zero attached hydrogens (tertiary/aromatic N) is 1. The Balaban J connectivity index is 2.57. The molecule has 0 fully saturated rings. The van der Waals surface area contributed by atoms with Crippen LogP contribution < -0.4 is 4.74 Å². The number of alkyl halides is 3. The second-order valence-corrected chi connectivity index (χ2v) is 4.32. The van der Waals surface area contributed by atoms with Gasteiger partial charge >= 0.3 is 12.1 Å². The van der Waals surface area contributed by atoms with Crippen LogP contribution in [0.5, 0.6) is 5.75 Å². The zero-order valence-corrected chi connectivity index (χ0v) is 11.8. The second-order valence-electron chi connectivity index (χ2n) is 4.32. The van der Waals surface area contributed by atoms with Gasteiger partial charge in [0.05, 0.1) is 19.8 Å². The molecule has 116 valence electrons. The van der Waals surface area contributed by atoms with E-state index in [1.165, 1.54) is 38.5 Å². The Morgan fingerprint density at radius 1 is 1.14 bits per heavy atom. The molecule has 7 heteroatoms. The molecule has 0 aliphatic heterocycles. The van der Waals surface area contributed by atoms with E-state index < -0.39 is 17.7 Å². The molecule has 0 N–H and O–H groups in total. The summed E-state index contributed by atoms with van der Waals surface area (Å²) >= 11 is 0. The minimum Gasteiger partial charge on any atom is -0.494 e. The fraction of sp³-hybridized carbons (Fsp3) is 0.200. The summed E-state index contributed by atoms with van der Waals surface area (Å²) in [7, 11) is 2.56. The van der Waals surface area contributed by atoms with Crippen molar-refractivity contribution in [2.75, 3.05) is 14.2 Å². The number of pyridine rings is 1. The highest BCUT2D eigenvalue weighted by atomic mass is 19.4. The van der Waals surface area contributed by atoms with Gasteiger partial charge in [0.2, 0.25) is 0 Å². The van der Waals surface area contributed by atoms with E-state index in [0.29, 0.717) is 0 Å². The third kappa shape index (κ3) is 3.19. The summed E-state index contributed by atoms with van der Waals surface area (Å²) < 4.78 is 48.1. The normalized spacial score (nSPS) is 11.1. The third-order valence-electron chi connectivity index (χ3n) is 2.94. The molecule has 0 saturated carbocycles. The van der Waals surface area contributed by atoms with Gasteiger partial charge in [0, 0.05) is 5.56 Å². The molecule has 0 radical (unpaired) electrons. The number of carbonyl (C=O) groups is 1. The molecule has 4 nitrogen and oxygen atoms in total. The van der Waals surface area contributed by atoms with Crippen molar-refractivity contribution in [1.82, 2.24) is 4.98 Å². The average molecular weight is 311 g/mol. The van der Waals surface area contributed by atoms with E-state index in [1.807, 2.05) is 0 Å². The van der Waals surface area contributed by atoms with Crippen LogP contribution in [0.1, 0.15) is 16.1 Å². The van der Waals surface area contributed by atoms with Crippen molar-refractivity contribution in [2.24, 2.45) is 0 Å². The summed E-state index contributed by atoms with van der Waals surface area (Å²) in [6.07, 6.45) is -4.47. The van der Waals surface area contributed by atoms with E-state index >= 15 is 0 Å². The Labute approximate surface area is 124 Å². The van der Waals surface area contributed by atoms with E-state index in [2.05, 4.69) is 9.72 Å². The molecule has 0 amide bonds. The molecule has 0 bridgehead atoms. The molecule has 0 unspecified atom stereocenters. The Morgan fingerprint density at radius 2 is 1.86 bits per heavy atom. The monoisotopic (exact) mass is 311 g/mol. The average Bonchev–Trinajstić information content (AvgIpc) is 2.52. The molecule has 1 heterocycles. The summed E-state index contributed by atoms with van der Waals surface area (Å²) in [5, 5.41) is 0. The first-order valence-corrected chi connectivity index (χ1v) is 6.18. The van der Waals surface area contributed by atoms with Crippen molar-refractivity contribution in [3.8, 4) is 17.0 Å². The second kappa shape index (κ2) is 6.05. The number of ether oxygens (including phenoxy) is 2. The maximum atomic E-state index is 12.8. The van der Waals surface area contributed by atoms with Crippen molar-refractivity contribution in [1.29, 1.82) is 0 Å². The lowest BCUT2D eigenvalue weighted by Crippen LogP contribution is -2.07. The molecule has 1 aromatic carbocycles. The summed E-state index contributed by atoms with van der Waals surface area (Å²) in [6.45, 7) is 0. The van der Waals surface area contributed by atoms with Crippen LogP contribution in [0.2, 0.25) is 0 Å². The zero-order chi connectivity index (χ0) is 16.3. The largest absolute Gasteiger partial charge is 0.494 e. The number of methoxy groups -OCH3 is 2. The molecule has 0 spiro atoms. The third-order valence-corrected chi connectivity index (χ3v) is 2.94. The van der Waals surface area contributed by atoms with Crippen LogP contribution in [-0.2, 0) is 10.9 Å². The zero-order valence-electron chi connectivity index (χ0n) is 11.8. The molecule has 2 rings (SSSR count). The van der Waals surface area contributed by atoms with E-state index in [0.717, 1.165) is 12.1 Å². The first-order chi connectivity index (χ1) is 10.4. The summed E-state index contributed by atoms with van der Waals surface area (Å²) in [5.41, 5.74) is -0.498.